The first-order chi connectivity index (χ1) is 13.7. The predicted molar refractivity (Wildman–Crippen MR) is 102 cm³/mol. The van der Waals surface area contributed by atoms with Crippen molar-refractivity contribution >= 4 is 17.3 Å². The van der Waals surface area contributed by atoms with E-state index in [9.17, 15) is 9.18 Å². The summed E-state index contributed by atoms with van der Waals surface area (Å²) in [5.41, 5.74) is 2.18. The van der Waals surface area contributed by atoms with Gasteiger partial charge in [-0.1, -0.05) is 12.1 Å². The highest BCUT2D eigenvalue weighted by atomic mass is 19.1. The van der Waals surface area contributed by atoms with Gasteiger partial charge in [0.15, 0.2) is 6.54 Å². The fourth-order valence-electron chi connectivity index (χ4n) is 3.36. The van der Waals surface area contributed by atoms with Crippen LogP contribution in [-0.2, 0) is 4.79 Å². The number of carbonyl (C=O) groups is 1. The summed E-state index contributed by atoms with van der Waals surface area (Å²) in [7, 11) is 0. The van der Waals surface area contributed by atoms with Gasteiger partial charge in [-0.2, -0.15) is 0 Å². The number of rotatable bonds is 5. The zero-order valence-electron chi connectivity index (χ0n) is 15.3. The van der Waals surface area contributed by atoms with Crippen molar-refractivity contribution in [3.63, 3.8) is 0 Å². The molecule has 0 bridgehead atoms. The molecule has 1 amide bonds. The third-order valence-electron chi connectivity index (χ3n) is 4.84. The molecule has 1 aliphatic heterocycles. The fourth-order valence-corrected chi connectivity index (χ4v) is 3.36. The Morgan fingerprint density at radius 2 is 1.86 bits per heavy atom. The van der Waals surface area contributed by atoms with Gasteiger partial charge >= 0.3 is 0 Å². The lowest BCUT2D eigenvalue weighted by Crippen LogP contribution is -3.15. The number of amides is 1. The Morgan fingerprint density at radius 3 is 2.54 bits per heavy atom. The molecule has 0 radical (unpaired) electrons. The van der Waals surface area contributed by atoms with E-state index < -0.39 is 0 Å². The summed E-state index contributed by atoms with van der Waals surface area (Å²) in [6.07, 6.45) is 1.51. The van der Waals surface area contributed by atoms with Crippen LogP contribution in [0.5, 0.6) is 0 Å². The van der Waals surface area contributed by atoms with Crippen LogP contribution in [0.4, 0.5) is 15.8 Å². The molecule has 1 aromatic heterocycles. The van der Waals surface area contributed by atoms with Gasteiger partial charge in [0.25, 0.3) is 5.91 Å². The number of hydrogen-bond acceptors (Lipinski definition) is 5. The van der Waals surface area contributed by atoms with Gasteiger partial charge in [-0.3, -0.25) is 4.79 Å². The molecule has 144 valence electrons. The molecular formula is C19H21FN7O+. The highest BCUT2D eigenvalue weighted by molar-refractivity contribution is 5.91. The molecule has 8 nitrogen and oxygen atoms in total. The molecule has 0 unspecified atom stereocenters. The molecule has 0 atom stereocenters. The number of benzene rings is 2. The van der Waals surface area contributed by atoms with Crippen LogP contribution >= 0.6 is 0 Å². The van der Waals surface area contributed by atoms with Crippen molar-refractivity contribution in [3.05, 3.63) is 60.7 Å². The van der Waals surface area contributed by atoms with Crippen molar-refractivity contribution in [2.45, 2.75) is 0 Å². The largest absolute Gasteiger partial charge is 0.358 e. The van der Waals surface area contributed by atoms with Crippen LogP contribution in [-0.4, -0.2) is 58.8 Å². The number of nitrogens with one attached hydrogen (secondary N) is 2. The third-order valence-corrected chi connectivity index (χ3v) is 4.84. The summed E-state index contributed by atoms with van der Waals surface area (Å²) in [5, 5.41) is 13.9. The molecular weight excluding hydrogens is 361 g/mol. The number of piperazine rings is 1. The van der Waals surface area contributed by atoms with Gasteiger partial charge in [0.1, 0.15) is 12.1 Å². The monoisotopic (exact) mass is 382 g/mol. The topological polar surface area (TPSA) is 80.4 Å². The summed E-state index contributed by atoms with van der Waals surface area (Å²) < 4.78 is 15.5. The summed E-state index contributed by atoms with van der Waals surface area (Å²) in [6.45, 7) is 3.42. The number of para-hydroxylation sites is 1. The van der Waals surface area contributed by atoms with E-state index in [2.05, 4.69) is 20.8 Å². The minimum atomic E-state index is -0.200. The lowest BCUT2D eigenvalue weighted by molar-refractivity contribution is -0.892. The van der Waals surface area contributed by atoms with Crippen molar-refractivity contribution < 1.29 is 14.1 Å². The molecule has 2 N–H and O–H groups in total. The number of hydrogen-bond donors (Lipinski definition) is 2. The molecule has 0 saturated carbocycles. The average molecular weight is 382 g/mol. The first kappa shape index (κ1) is 18.1. The van der Waals surface area contributed by atoms with Crippen LogP contribution in [0.2, 0.25) is 0 Å². The maximum Gasteiger partial charge on any atom is 0.279 e. The van der Waals surface area contributed by atoms with Crippen LogP contribution in [0.25, 0.3) is 5.69 Å². The Bertz CT molecular complexity index is 922. The highest BCUT2D eigenvalue weighted by Gasteiger charge is 2.23. The van der Waals surface area contributed by atoms with E-state index in [-0.39, 0.29) is 11.7 Å². The normalized spacial score (nSPS) is 14.8. The van der Waals surface area contributed by atoms with Gasteiger partial charge in [-0.15, -0.1) is 5.10 Å². The summed E-state index contributed by atoms with van der Waals surface area (Å²) >= 11 is 0. The maximum atomic E-state index is 13.9. The van der Waals surface area contributed by atoms with Crippen LogP contribution < -0.4 is 15.1 Å². The van der Waals surface area contributed by atoms with Crippen LogP contribution in [0.1, 0.15) is 0 Å². The van der Waals surface area contributed by atoms with Crippen molar-refractivity contribution in [3.8, 4) is 5.69 Å². The predicted octanol–water partition coefficient (Wildman–Crippen LogP) is 0.145. The lowest BCUT2D eigenvalue weighted by atomic mass is 10.2. The molecule has 9 heteroatoms. The van der Waals surface area contributed by atoms with Crippen molar-refractivity contribution in [2.24, 2.45) is 0 Å². The second-order valence-corrected chi connectivity index (χ2v) is 6.71. The Kier molecular flexibility index (Phi) is 5.24. The maximum absolute atomic E-state index is 13.9. The molecule has 2 heterocycles. The van der Waals surface area contributed by atoms with E-state index >= 15 is 0 Å². The van der Waals surface area contributed by atoms with Crippen molar-refractivity contribution in [1.29, 1.82) is 0 Å². The van der Waals surface area contributed by atoms with Gasteiger partial charge < -0.3 is 15.1 Å². The molecule has 3 aromatic rings. The van der Waals surface area contributed by atoms with E-state index in [0.29, 0.717) is 12.2 Å². The molecule has 1 fully saturated rings. The molecule has 0 spiro atoms. The fraction of sp³-hybridized carbons (Fsp3) is 0.263. The number of anilines is 2. The molecule has 1 aliphatic rings. The molecule has 2 aromatic carbocycles. The molecule has 28 heavy (non-hydrogen) atoms. The van der Waals surface area contributed by atoms with Gasteiger partial charge in [0.05, 0.1) is 37.6 Å². The summed E-state index contributed by atoms with van der Waals surface area (Å²) in [5.74, 6) is -0.238. The molecule has 0 aliphatic carbocycles. The molecule has 1 saturated heterocycles. The minimum Gasteiger partial charge on any atom is -0.358 e. The van der Waals surface area contributed by atoms with Crippen LogP contribution in [0, 0.1) is 5.82 Å². The smallest absolute Gasteiger partial charge is 0.279 e. The van der Waals surface area contributed by atoms with Crippen molar-refractivity contribution in [1.82, 2.24) is 20.2 Å². The van der Waals surface area contributed by atoms with E-state index in [4.69, 9.17) is 0 Å². The molecule has 4 rings (SSSR count). The van der Waals surface area contributed by atoms with Gasteiger partial charge in [-0.05, 0) is 46.8 Å². The second kappa shape index (κ2) is 8.13. The first-order valence-electron chi connectivity index (χ1n) is 9.15. The van der Waals surface area contributed by atoms with Gasteiger partial charge in [0, 0.05) is 5.69 Å². The first-order valence-corrected chi connectivity index (χ1v) is 9.15. The standard InChI is InChI=1S/C19H20FN7O/c20-17-3-1-2-4-18(17)26-11-9-25(10-12-26)13-19(28)22-15-5-7-16(8-6-15)27-14-21-23-24-27/h1-8,14H,9-13H2,(H,22,28)/p+1. The lowest BCUT2D eigenvalue weighted by Gasteiger charge is -2.33. The Labute approximate surface area is 161 Å². The highest BCUT2D eigenvalue weighted by Crippen LogP contribution is 2.18. The average Bonchev–Trinajstić information content (AvgIpc) is 3.24. The number of carbonyl (C=O) groups excluding carboxylic acids is 1. The SMILES string of the molecule is O=C(C[NH+]1CCN(c2ccccc2F)CC1)Nc1ccc(-n2cnnn2)cc1. The van der Waals surface area contributed by atoms with E-state index in [0.717, 1.165) is 37.6 Å². The van der Waals surface area contributed by atoms with E-state index in [1.54, 1.807) is 16.8 Å². The number of aromatic nitrogens is 4. The van der Waals surface area contributed by atoms with Crippen molar-refractivity contribution in [2.75, 3.05) is 42.9 Å². The summed E-state index contributed by atoms with van der Waals surface area (Å²) in [4.78, 5) is 15.6. The summed E-state index contributed by atoms with van der Waals surface area (Å²) in [6, 6.07) is 14.1. The number of nitrogens with zero attached hydrogens (tertiary/aromatic N) is 5. The minimum absolute atomic E-state index is 0.0375. The quantitative estimate of drug-likeness (QED) is 0.657. The zero-order valence-corrected chi connectivity index (χ0v) is 15.3. The number of tetrazole rings is 1. The van der Waals surface area contributed by atoms with E-state index in [1.807, 2.05) is 35.2 Å². The Morgan fingerprint density at radius 1 is 1.11 bits per heavy atom. The Balaban J connectivity index is 1.27. The zero-order chi connectivity index (χ0) is 19.3. The van der Waals surface area contributed by atoms with E-state index in [1.165, 1.54) is 17.3 Å². The number of quaternary nitrogens is 1. The number of halogens is 1. The third kappa shape index (κ3) is 4.15. The van der Waals surface area contributed by atoms with Gasteiger partial charge in [0.2, 0.25) is 0 Å². The van der Waals surface area contributed by atoms with Crippen LogP contribution in [0.3, 0.4) is 0 Å². The second-order valence-electron chi connectivity index (χ2n) is 6.71. The van der Waals surface area contributed by atoms with Gasteiger partial charge in [-0.25, -0.2) is 9.07 Å². The Hall–Kier alpha value is -3.33. The van der Waals surface area contributed by atoms with Crippen LogP contribution in [0.15, 0.2) is 54.9 Å².